The standard InChI is InChI=1S/C20H14Cl2F3N3O4/c1-31-13-4-2-3-10(16(13)22)17-11-7-9(21)5-6-12(11)28-18(14(32-17)8-15(29)30)26-27-19(28)20(23,24)25/h2-7,14,17H,8H2,1H3,(H,29,30)/t14-,17-/m0/s1. The van der Waals surface area contributed by atoms with Crippen LogP contribution in [-0.2, 0) is 15.7 Å². The maximum atomic E-state index is 13.7. The van der Waals surface area contributed by atoms with Crippen LogP contribution in [-0.4, -0.2) is 33.0 Å². The molecule has 0 bridgehead atoms. The number of methoxy groups -OCH3 is 1. The topological polar surface area (TPSA) is 86.5 Å². The van der Waals surface area contributed by atoms with Crippen molar-refractivity contribution in [1.82, 2.24) is 14.8 Å². The second-order valence-corrected chi connectivity index (χ2v) is 7.70. The molecule has 2 atom stereocenters. The number of carbonyl (C=O) groups is 1. The van der Waals surface area contributed by atoms with E-state index < -0.39 is 36.6 Å². The Hall–Kier alpha value is -2.82. The number of ether oxygens (including phenoxy) is 2. The lowest BCUT2D eigenvalue weighted by Gasteiger charge is -2.23. The van der Waals surface area contributed by atoms with E-state index in [0.717, 1.165) is 4.57 Å². The van der Waals surface area contributed by atoms with Gasteiger partial charge in [-0.05, 0) is 24.3 Å². The molecule has 0 amide bonds. The zero-order chi connectivity index (χ0) is 23.2. The molecule has 0 saturated carbocycles. The van der Waals surface area contributed by atoms with E-state index in [-0.39, 0.29) is 27.1 Å². The van der Waals surface area contributed by atoms with E-state index in [1.54, 1.807) is 18.2 Å². The van der Waals surface area contributed by atoms with Gasteiger partial charge in [0.15, 0.2) is 5.82 Å². The van der Waals surface area contributed by atoms with Gasteiger partial charge < -0.3 is 14.6 Å². The van der Waals surface area contributed by atoms with E-state index in [0.29, 0.717) is 11.3 Å². The minimum atomic E-state index is -4.86. The van der Waals surface area contributed by atoms with Gasteiger partial charge in [-0.3, -0.25) is 9.36 Å². The van der Waals surface area contributed by atoms with Crippen LogP contribution in [0, 0.1) is 0 Å². The number of benzene rings is 2. The van der Waals surface area contributed by atoms with Crippen LogP contribution in [0.3, 0.4) is 0 Å². The predicted octanol–water partition coefficient (Wildman–Crippen LogP) is 5.24. The number of alkyl halides is 3. The van der Waals surface area contributed by atoms with Gasteiger partial charge in [-0.2, -0.15) is 13.2 Å². The number of nitrogens with zero attached hydrogens (tertiary/aromatic N) is 3. The fraction of sp³-hybridized carbons (Fsp3) is 0.250. The Labute approximate surface area is 189 Å². The van der Waals surface area contributed by atoms with Crippen LogP contribution in [0.15, 0.2) is 36.4 Å². The Morgan fingerprint density at radius 3 is 2.62 bits per heavy atom. The summed E-state index contributed by atoms with van der Waals surface area (Å²) in [5.74, 6) is -2.60. The van der Waals surface area contributed by atoms with Crippen LogP contribution in [0.2, 0.25) is 10.0 Å². The Kier molecular flexibility index (Phi) is 5.78. The zero-order valence-electron chi connectivity index (χ0n) is 16.2. The molecule has 0 saturated heterocycles. The molecule has 2 heterocycles. The highest BCUT2D eigenvalue weighted by atomic mass is 35.5. The number of carboxylic acids is 1. The number of fused-ring (bicyclic) bond motifs is 3. The van der Waals surface area contributed by atoms with Gasteiger partial charge in [-0.25, -0.2) is 0 Å². The molecule has 1 aliphatic rings. The largest absolute Gasteiger partial charge is 0.495 e. The summed E-state index contributed by atoms with van der Waals surface area (Å²) < 4.78 is 53.3. The van der Waals surface area contributed by atoms with Crippen molar-refractivity contribution in [2.75, 3.05) is 7.11 Å². The maximum absolute atomic E-state index is 13.7. The highest BCUT2D eigenvalue weighted by molar-refractivity contribution is 6.33. The molecule has 1 N–H and O–H groups in total. The Balaban J connectivity index is 2.03. The summed E-state index contributed by atoms with van der Waals surface area (Å²) in [5, 5.41) is 16.7. The first kappa shape index (κ1) is 22.4. The first-order valence-electron chi connectivity index (χ1n) is 9.13. The van der Waals surface area contributed by atoms with Crippen molar-refractivity contribution in [1.29, 1.82) is 0 Å². The Morgan fingerprint density at radius 1 is 1.22 bits per heavy atom. The molecule has 1 aliphatic heterocycles. The van der Waals surface area contributed by atoms with Gasteiger partial charge in [-0.1, -0.05) is 35.3 Å². The smallest absolute Gasteiger partial charge is 0.452 e. The third-order valence-electron chi connectivity index (χ3n) is 4.90. The third kappa shape index (κ3) is 3.89. The van der Waals surface area contributed by atoms with Crippen molar-refractivity contribution in [3.05, 3.63) is 69.2 Å². The van der Waals surface area contributed by atoms with Crippen LogP contribution in [0.5, 0.6) is 5.75 Å². The monoisotopic (exact) mass is 487 g/mol. The molecule has 32 heavy (non-hydrogen) atoms. The second-order valence-electron chi connectivity index (χ2n) is 6.88. The molecule has 0 spiro atoms. The summed E-state index contributed by atoms with van der Waals surface area (Å²) in [6.07, 6.45) is -7.95. The molecule has 3 aromatic rings. The van der Waals surface area contributed by atoms with Crippen molar-refractivity contribution in [2.24, 2.45) is 0 Å². The number of aromatic nitrogens is 3. The molecule has 1 aromatic heterocycles. The number of carboxylic acid groups (broad SMARTS) is 1. The second kappa shape index (κ2) is 8.27. The fourth-order valence-corrected chi connectivity index (χ4v) is 4.07. The molecule has 2 aromatic carbocycles. The number of aliphatic carboxylic acids is 1. The molecule has 4 rings (SSSR count). The summed E-state index contributed by atoms with van der Waals surface area (Å²) in [5.41, 5.74) is 0.628. The van der Waals surface area contributed by atoms with E-state index in [4.69, 9.17) is 32.7 Å². The number of rotatable bonds is 4. The van der Waals surface area contributed by atoms with Crippen LogP contribution < -0.4 is 4.74 Å². The number of hydrogen-bond donors (Lipinski definition) is 1. The van der Waals surface area contributed by atoms with Crippen molar-refractivity contribution in [2.45, 2.75) is 24.8 Å². The van der Waals surface area contributed by atoms with E-state index in [1.807, 2.05) is 0 Å². The zero-order valence-corrected chi connectivity index (χ0v) is 17.7. The summed E-state index contributed by atoms with van der Waals surface area (Å²) >= 11 is 12.6. The van der Waals surface area contributed by atoms with E-state index >= 15 is 0 Å². The number of hydrogen-bond acceptors (Lipinski definition) is 5. The Morgan fingerprint density at radius 2 is 1.97 bits per heavy atom. The maximum Gasteiger partial charge on any atom is 0.452 e. The molecule has 0 fully saturated rings. The van der Waals surface area contributed by atoms with Gasteiger partial charge in [0, 0.05) is 16.1 Å². The average molecular weight is 488 g/mol. The van der Waals surface area contributed by atoms with Crippen LogP contribution in [0.4, 0.5) is 13.2 Å². The van der Waals surface area contributed by atoms with Gasteiger partial charge >= 0.3 is 12.1 Å². The van der Waals surface area contributed by atoms with Gasteiger partial charge in [0.25, 0.3) is 0 Å². The summed E-state index contributed by atoms with van der Waals surface area (Å²) in [4.78, 5) is 11.5. The molecule has 12 heteroatoms. The normalized spacial score (nSPS) is 17.9. The minimum absolute atomic E-state index is 0.0403. The van der Waals surface area contributed by atoms with Crippen LogP contribution >= 0.6 is 23.2 Å². The molecule has 0 radical (unpaired) electrons. The highest BCUT2D eigenvalue weighted by Gasteiger charge is 2.43. The van der Waals surface area contributed by atoms with Crippen molar-refractivity contribution in [3.8, 4) is 11.4 Å². The predicted molar refractivity (Wildman–Crippen MR) is 107 cm³/mol. The van der Waals surface area contributed by atoms with Crippen molar-refractivity contribution < 1.29 is 32.5 Å². The van der Waals surface area contributed by atoms with E-state index in [2.05, 4.69) is 10.2 Å². The lowest BCUT2D eigenvalue weighted by atomic mass is 9.99. The molecular formula is C20H14Cl2F3N3O4. The van der Waals surface area contributed by atoms with E-state index in [1.165, 1.54) is 25.3 Å². The average Bonchev–Trinajstić information content (AvgIpc) is 3.12. The van der Waals surface area contributed by atoms with Crippen molar-refractivity contribution in [3.63, 3.8) is 0 Å². The first-order chi connectivity index (χ1) is 15.1. The summed E-state index contributed by atoms with van der Waals surface area (Å²) in [7, 11) is 1.41. The van der Waals surface area contributed by atoms with E-state index in [9.17, 15) is 23.1 Å². The first-order valence-corrected chi connectivity index (χ1v) is 9.89. The molecule has 0 aliphatic carbocycles. The van der Waals surface area contributed by atoms with Gasteiger partial charge in [-0.15, -0.1) is 10.2 Å². The quantitative estimate of drug-likeness (QED) is 0.541. The SMILES string of the molecule is COc1cccc([C@@H]2O[C@@H](CC(=O)O)c3nnc(C(F)(F)F)n3-c3ccc(Cl)cc32)c1Cl. The lowest BCUT2D eigenvalue weighted by Crippen LogP contribution is -2.17. The highest BCUT2D eigenvalue weighted by Crippen LogP contribution is 2.46. The lowest BCUT2D eigenvalue weighted by molar-refractivity contribution is -0.146. The van der Waals surface area contributed by atoms with Crippen LogP contribution in [0.1, 0.15) is 41.4 Å². The number of halogens is 5. The minimum Gasteiger partial charge on any atom is -0.495 e. The Bertz CT molecular complexity index is 1200. The van der Waals surface area contributed by atoms with Gasteiger partial charge in [0.2, 0.25) is 5.82 Å². The summed E-state index contributed by atoms with van der Waals surface area (Å²) in [6.45, 7) is 0. The molecule has 7 nitrogen and oxygen atoms in total. The molecule has 168 valence electrons. The third-order valence-corrected chi connectivity index (χ3v) is 5.54. The molecule has 0 unspecified atom stereocenters. The summed E-state index contributed by atoms with van der Waals surface area (Å²) in [6, 6.07) is 9.05. The van der Waals surface area contributed by atoms with Crippen molar-refractivity contribution >= 4 is 29.2 Å². The van der Waals surface area contributed by atoms with Gasteiger partial charge in [0.1, 0.15) is 18.0 Å². The fourth-order valence-electron chi connectivity index (χ4n) is 3.59. The van der Waals surface area contributed by atoms with Crippen LogP contribution in [0.25, 0.3) is 5.69 Å². The van der Waals surface area contributed by atoms with Gasteiger partial charge in [0.05, 0.1) is 24.2 Å². The molecular weight excluding hydrogens is 474 g/mol.